The highest BCUT2D eigenvalue weighted by atomic mass is 35.5. The van der Waals surface area contributed by atoms with Crippen molar-refractivity contribution in [3.8, 4) is 5.75 Å². The number of carboxylic acid groups (broad SMARTS) is 1. The van der Waals surface area contributed by atoms with E-state index in [0.717, 1.165) is 29.7 Å². The van der Waals surface area contributed by atoms with Gasteiger partial charge in [-0.15, -0.1) is 0 Å². The van der Waals surface area contributed by atoms with Gasteiger partial charge >= 0.3 is 5.97 Å². The van der Waals surface area contributed by atoms with Gasteiger partial charge in [-0.25, -0.2) is 4.79 Å². The number of piperidine rings is 1. The number of hydrogen-bond acceptors (Lipinski definition) is 4. The number of aliphatic carboxylic acids is 1. The Bertz CT molecular complexity index is 1070. The predicted octanol–water partition coefficient (Wildman–Crippen LogP) is 5.16. The van der Waals surface area contributed by atoms with E-state index in [1.54, 1.807) is 18.2 Å². The summed E-state index contributed by atoms with van der Waals surface area (Å²) in [6, 6.07) is 12.0. The maximum atomic E-state index is 12.7. The van der Waals surface area contributed by atoms with Gasteiger partial charge in [0, 0.05) is 25.9 Å². The molecular weight excluding hydrogens is 515 g/mol. The van der Waals surface area contributed by atoms with Crippen molar-refractivity contribution in [2.75, 3.05) is 19.7 Å². The van der Waals surface area contributed by atoms with Crippen molar-refractivity contribution in [3.63, 3.8) is 0 Å². The van der Waals surface area contributed by atoms with Crippen LogP contribution in [-0.2, 0) is 27.2 Å². The van der Waals surface area contributed by atoms with Crippen LogP contribution in [0.15, 0.2) is 42.5 Å². The molecule has 0 spiro atoms. The molecule has 1 fully saturated rings. The summed E-state index contributed by atoms with van der Waals surface area (Å²) < 4.78 is 5.45. The summed E-state index contributed by atoms with van der Waals surface area (Å²) in [5.41, 5.74) is 1.95. The van der Waals surface area contributed by atoms with Crippen molar-refractivity contribution < 1.29 is 24.2 Å². The van der Waals surface area contributed by atoms with Crippen molar-refractivity contribution in [1.29, 1.82) is 0 Å². The van der Waals surface area contributed by atoms with Gasteiger partial charge in [0.05, 0.1) is 16.7 Å². The molecular formula is C28H34Cl2N2O5. The molecule has 0 aliphatic carbocycles. The van der Waals surface area contributed by atoms with Gasteiger partial charge in [-0.1, -0.05) is 41.4 Å². The van der Waals surface area contributed by atoms with Crippen LogP contribution in [0.2, 0.25) is 10.0 Å². The number of aryl methyl sites for hydroxylation is 2. The monoisotopic (exact) mass is 548 g/mol. The lowest BCUT2D eigenvalue weighted by Crippen LogP contribution is -2.43. The zero-order valence-corrected chi connectivity index (χ0v) is 22.6. The van der Waals surface area contributed by atoms with Gasteiger partial charge in [0.2, 0.25) is 11.8 Å². The molecule has 1 saturated heterocycles. The number of benzene rings is 2. The van der Waals surface area contributed by atoms with E-state index in [0.29, 0.717) is 49.0 Å². The number of rotatable bonds is 12. The van der Waals surface area contributed by atoms with Gasteiger partial charge in [-0.05, 0) is 80.3 Å². The van der Waals surface area contributed by atoms with Crippen molar-refractivity contribution in [2.24, 2.45) is 5.92 Å². The number of nitrogens with zero attached hydrogens (tertiary/aromatic N) is 1. The van der Waals surface area contributed by atoms with E-state index < -0.39 is 12.0 Å². The van der Waals surface area contributed by atoms with E-state index in [2.05, 4.69) is 5.32 Å². The van der Waals surface area contributed by atoms with Gasteiger partial charge in [0.1, 0.15) is 11.8 Å². The average molecular weight is 549 g/mol. The van der Waals surface area contributed by atoms with Crippen LogP contribution in [0.25, 0.3) is 0 Å². The highest BCUT2D eigenvalue weighted by molar-refractivity contribution is 6.42. The molecule has 37 heavy (non-hydrogen) atoms. The highest BCUT2D eigenvalue weighted by Gasteiger charge is 2.26. The fourth-order valence-electron chi connectivity index (χ4n) is 4.49. The van der Waals surface area contributed by atoms with E-state index in [1.807, 2.05) is 36.1 Å². The maximum absolute atomic E-state index is 12.7. The van der Waals surface area contributed by atoms with Crippen LogP contribution in [0.3, 0.4) is 0 Å². The van der Waals surface area contributed by atoms with E-state index in [1.165, 1.54) is 0 Å². The summed E-state index contributed by atoms with van der Waals surface area (Å²) in [5, 5.41) is 13.1. The molecule has 2 N–H and O–H groups in total. The normalized spacial score (nSPS) is 14.7. The minimum absolute atomic E-state index is 0.116. The molecule has 2 aromatic carbocycles. The molecule has 2 amide bonds. The second-order valence-corrected chi connectivity index (χ2v) is 10.2. The number of ether oxygens (including phenoxy) is 1. The Morgan fingerprint density at radius 2 is 1.70 bits per heavy atom. The van der Waals surface area contributed by atoms with E-state index in [-0.39, 0.29) is 30.6 Å². The van der Waals surface area contributed by atoms with Crippen LogP contribution in [0.5, 0.6) is 5.75 Å². The molecule has 1 heterocycles. The maximum Gasteiger partial charge on any atom is 0.326 e. The second kappa shape index (κ2) is 14.2. The number of carbonyl (C=O) groups excluding carboxylic acids is 2. The van der Waals surface area contributed by atoms with Crippen LogP contribution in [0.4, 0.5) is 0 Å². The molecule has 0 saturated carbocycles. The predicted molar refractivity (Wildman–Crippen MR) is 144 cm³/mol. The van der Waals surface area contributed by atoms with Gasteiger partial charge < -0.3 is 20.1 Å². The third-order valence-corrected chi connectivity index (χ3v) is 7.38. The highest BCUT2D eigenvalue weighted by Crippen LogP contribution is 2.24. The van der Waals surface area contributed by atoms with E-state index in [9.17, 15) is 19.5 Å². The standard InChI is InChI=1S/C28H34Cl2N2O5/c1-2-37-22-8-3-19(4-9-22)7-12-27(34)32-15-13-21(14-16-32)18-26(33)31-25(28(35)36)11-6-20-5-10-23(29)24(30)17-20/h3-5,8-10,17,21,25H,2,6-7,11-16,18H2,1H3,(H,31,33)(H,35,36)/t25-/m0/s1. The Morgan fingerprint density at radius 1 is 1.03 bits per heavy atom. The first-order valence-corrected chi connectivity index (χ1v) is 13.5. The van der Waals surface area contributed by atoms with Crippen LogP contribution in [0, 0.1) is 5.92 Å². The number of likely N-dealkylation sites (tertiary alicyclic amines) is 1. The number of carboxylic acids is 1. The van der Waals surface area contributed by atoms with Crippen LogP contribution >= 0.6 is 23.2 Å². The minimum Gasteiger partial charge on any atom is -0.494 e. The summed E-state index contributed by atoms with van der Waals surface area (Å²) in [5.74, 6) is -0.280. The Labute approximate surface area is 228 Å². The molecule has 3 rings (SSSR count). The fourth-order valence-corrected chi connectivity index (χ4v) is 4.81. The first-order valence-electron chi connectivity index (χ1n) is 12.7. The lowest BCUT2D eigenvalue weighted by molar-refractivity contribution is -0.142. The van der Waals surface area contributed by atoms with Gasteiger partial charge in [-0.2, -0.15) is 0 Å². The third kappa shape index (κ3) is 9.24. The van der Waals surface area contributed by atoms with Gasteiger partial charge in [0.15, 0.2) is 0 Å². The van der Waals surface area contributed by atoms with Crippen molar-refractivity contribution in [1.82, 2.24) is 10.2 Å². The first-order chi connectivity index (χ1) is 17.7. The largest absolute Gasteiger partial charge is 0.494 e. The number of halogens is 2. The molecule has 0 bridgehead atoms. The first kappa shape index (κ1) is 28.8. The molecule has 2 aromatic rings. The number of amides is 2. The van der Waals surface area contributed by atoms with Crippen LogP contribution in [0.1, 0.15) is 50.2 Å². The van der Waals surface area contributed by atoms with Crippen molar-refractivity contribution in [3.05, 3.63) is 63.6 Å². The molecule has 0 aromatic heterocycles. The minimum atomic E-state index is -1.07. The Kier molecular flexibility index (Phi) is 11.1. The van der Waals surface area contributed by atoms with Gasteiger partial charge in [0.25, 0.3) is 0 Å². The zero-order chi connectivity index (χ0) is 26.8. The molecule has 7 nitrogen and oxygen atoms in total. The van der Waals surface area contributed by atoms with E-state index in [4.69, 9.17) is 27.9 Å². The molecule has 0 unspecified atom stereocenters. The van der Waals surface area contributed by atoms with Gasteiger partial charge in [-0.3, -0.25) is 9.59 Å². The quantitative estimate of drug-likeness (QED) is 0.382. The topological polar surface area (TPSA) is 95.9 Å². The van der Waals surface area contributed by atoms with Crippen LogP contribution in [-0.4, -0.2) is 53.5 Å². The molecule has 1 aliphatic rings. The van der Waals surface area contributed by atoms with Crippen LogP contribution < -0.4 is 10.1 Å². The second-order valence-electron chi connectivity index (χ2n) is 9.35. The Hall–Kier alpha value is -2.77. The Morgan fingerprint density at radius 3 is 2.32 bits per heavy atom. The number of hydrogen-bond donors (Lipinski definition) is 2. The molecule has 9 heteroatoms. The molecule has 200 valence electrons. The van der Waals surface area contributed by atoms with Crippen molar-refractivity contribution >= 4 is 41.0 Å². The van der Waals surface area contributed by atoms with E-state index >= 15 is 0 Å². The smallest absolute Gasteiger partial charge is 0.326 e. The lowest BCUT2D eigenvalue weighted by Gasteiger charge is -2.32. The summed E-state index contributed by atoms with van der Waals surface area (Å²) in [4.78, 5) is 38.8. The summed E-state index contributed by atoms with van der Waals surface area (Å²) >= 11 is 12.0. The lowest BCUT2D eigenvalue weighted by atomic mass is 9.92. The molecule has 0 radical (unpaired) electrons. The average Bonchev–Trinajstić information content (AvgIpc) is 2.88. The SMILES string of the molecule is CCOc1ccc(CCC(=O)N2CCC(CC(=O)N[C@@H](CCc3ccc(Cl)c(Cl)c3)C(=O)O)CC2)cc1. The summed E-state index contributed by atoms with van der Waals surface area (Å²) in [7, 11) is 0. The summed E-state index contributed by atoms with van der Waals surface area (Å²) in [6.07, 6.45) is 3.52. The Balaban J connectivity index is 1.38. The van der Waals surface area contributed by atoms with Crippen molar-refractivity contribution in [2.45, 2.75) is 57.9 Å². The molecule has 1 aliphatic heterocycles. The number of nitrogens with one attached hydrogen (secondary N) is 1. The third-order valence-electron chi connectivity index (χ3n) is 6.64. The molecule has 1 atom stereocenters. The zero-order valence-electron chi connectivity index (χ0n) is 21.1. The number of carbonyl (C=O) groups is 3. The summed E-state index contributed by atoms with van der Waals surface area (Å²) in [6.45, 7) is 3.78. The fraction of sp³-hybridized carbons (Fsp3) is 0.464.